The fraction of sp³-hybridized carbons (Fsp3) is 0.792. The van der Waals surface area contributed by atoms with E-state index in [1.165, 1.54) is 89.9 Å². The van der Waals surface area contributed by atoms with Crippen molar-refractivity contribution in [3.05, 3.63) is 48.6 Å². The van der Waals surface area contributed by atoms with Gasteiger partial charge >= 0.3 is 11.9 Å². The number of nitrogens with zero attached hydrogens (tertiary/aromatic N) is 1. The topological polar surface area (TPSA) is 111 Å². The standard InChI is InChI=1S/C48H88NO8P/c1-6-8-10-12-14-16-18-20-22-24-26-28-30-32-34-36-38-40-47(50)54-44-46(45-56-58(52,53)55-43-42-49(3,4)5)57-48(51)41-39-37-35-33-31-29-27-25-23-21-19-17-15-13-11-9-7-2/h9,11,15,17,21,23,27,29,46H,6-8,10,12-14,16,18-20,22,24-26,28,30-45H2,1-5H3/b11-9-,17-15-,23-21-,29-27-. The maximum absolute atomic E-state index is 12.7. The van der Waals surface area contributed by atoms with Crippen molar-refractivity contribution in [2.45, 2.75) is 200 Å². The fourth-order valence-corrected chi connectivity index (χ4v) is 6.96. The Morgan fingerprint density at radius 2 is 0.983 bits per heavy atom. The number of allylic oxidation sites excluding steroid dienone is 8. The summed E-state index contributed by atoms with van der Waals surface area (Å²) in [5.41, 5.74) is 0. The molecule has 0 rings (SSSR count). The van der Waals surface area contributed by atoms with Gasteiger partial charge in [-0.15, -0.1) is 0 Å². The highest BCUT2D eigenvalue weighted by atomic mass is 31.2. The van der Waals surface area contributed by atoms with Gasteiger partial charge in [-0.2, -0.15) is 0 Å². The Hall–Kier alpha value is -2.03. The molecule has 0 spiro atoms. The molecule has 0 heterocycles. The number of rotatable bonds is 42. The van der Waals surface area contributed by atoms with Gasteiger partial charge in [0.2, 0.25) is 0 Å². The largest absolute Gasteiger partial charge is 0.756 e. The summed E-state index contributed by atoms with van der Waals surface area (Å²) in [6, 6.07) is 0. The van der Waals surface area contributed by atoms with E-state index < -0.39 is 26.5 Å². The Morgan fingerprint density at radius 3 is 1.47 bits per heavy atom. The quantitative estimate of drug-likeness (QED) is 0.0196. The van der Waals surface area contributed by atoms with Crippen LogP contribution in [0.1, 0.15) is 194 Å². The summed E-state index contributed by atoms with van der Waals surface area (Å²) < 4.78 is 33.9. The summed E-state index contributed by atoms with van der Waals surface area (Å²) in [4.78, 5) is 37.6. The number of phosphoric acid groups is 1. The maximum atomic E-state index is 12.7. The monoisotopic (exact) mass is 838 g/mol. The van der Waals surface area contributed by atoms with Crippen molar-refractivity contribution in [3.8, 4) is 0 Å². The summed E-state index contributed by atoms with van der Waals surface area (Å²) in [6.45, 7) is 4.10. The lowest BCUT2D eigenvalue weighted by Gasteiger charge is -2.28. The zero-order chi connectivity index (χ0) is 42.8. The van der Waals surface area contributed by atoms with Crippen LogP contribution < -0.4 is 4.89 Å². The number of ether oxygens (including phenoxy) is 2. The summed E-state index contributed by atoms with van der Waals surface area (Å²) in [5.74, 6) is -0.858. The molecule has 9 nitrogen and oxygen atoms in total. The van der Waals surface area contributed by atoms with E-state index in [1.54, 1.807) is 0 Å². The smallest absolute Gasteiger partial charge is 0.306 e. The van der Waals surface area contributed by atoms with Crippen molar-refractivity contribution >= 4 is 19.8 Å². The summed E-state index contributed by atoms with van der Waals surface area (Å²) in [7, 11) is 1.15. The lowest BCUT2D eigenvalue weighted by molar-refractivity contribution is -0.870. The molecule has 0 aliphatic carbocycles. The minimum absolute atomic E-state index is 0.0364. The zero-order valence-electron chi connectivity index (χ0n) is 38.0. The number of quaternary nitrogens is 1. The maximum Gasteiger partial charge on any atom is 0.306 e. The molecule has 2 unspecified atom stereocenters. The van der Waals surface area contributed by atoms with Gasteiger partial charge in [0.05, 0.1) is 27.7 Å². The minimum Gasteiger partial charge on any atom is -0.756 e. The molecule has 0 saturated carbocycles. The summed E-state index contributed by atoms with van der Waals surface area (Å²) in [6.07, 6.45) is 47.1. The second-order valence-electron chi connectivity index (χ2n) is 16.7. The van der Waals surface area contributed by atoms with Crippen LogP contribution >= 0.6 is 7.82 Å². The SMILES string of the molecule is CC/C=C\C/C=C\C/C=C\C/C=C\CCCCCCC(=O)OC(COC(=O)CCCCCCCCCCCCCCCCCCC)COP(=O)([O-])OCC[N+](C)(C)C. The predicted molar refractivity (Wildman–Crippen MR) is 240 cm³/mol. The van der Waals surface area contributed by atoms with E-state index >= 15 is 0 Å². The van der Waals surface area contributed by atoms with Crippen molar-refractivity contribution in [2.24, 2.45) is 0 Å². The van der Waals surface area contributed by atoms with Crippen LogP contribution in [-0.4, -0.2) is 70.0 Å². The van der Waals surface area contributed by atoms with Crippen LogP contribution in [0.3, 0.4) is 0 Å². The number of carbonyl (C=O) groups is 2. The molecule has 2 atom stereocenters. The average Bonchev–Trinajstić information content (AvgIpc) is 3.17. The van der Waals surface area contributed by atoms with Crippen LogP contribution in [0.5, 0.6) is 0 Å². The minimum atomic E-state index is -4.63. The van der Waals surface area contributed by atoms with Gasteiger partial charge in [-0.05, 0) is 51.4 Å². The van der Waals surface area contributed by atoms with E-state index in [1.807, 2.05) is 21.1 Å². The van der Waals surface area contributed by atoms with E-state index in [0.717, 1.165) is 70.6 Å². The molecule has 0 aromatic carbocycles. The van der Waals surface area contributed by atoms with E-state index in [4.69, 9.17) is 18.5 Å². The first-order valence-corrected chi connectivity index (χ1v) is 24.8. The molecular formula is C48H88NO8P. The van der Waals surface area contributed by atoms with E-state index in [-0.39, 0.29) is 32.0 Å². The number of carbonyl (C=O) groups excluding carboxylic acids is 2. The van der Waals surface area contributed by atoms with Crippen LogP contribution in [0, 0.1) is 0 Å². The third-order valence-corrected chi connectivity index (χ3v) is 10.8. The van der Waals surface area contributed by atoms with Gasteiger partial charge in [0.1, 0.15) is 19.8 Å². The van der Waals surface area contributed by atoms with Crippen LogP contribution in [0.4, 0.5) is 0 Å². The highest BCUT2D eigenvalue weighted by Crippen LogP contribution is 2.38. The number of hydrogen-bond donors (Lipinski definition) is 0. The molecule has 0 aliphatic rings. The van der Waals surface area contributed by atoms with Gasteiger partial charge in [0, 0.05) is 12.8 Å². The summed E-state index contributed by atoms with van der Waals surface area (Å²) in [5, 5.41) is 0. The van der Waals surface area contributed by atoms with Crippen LogP contribution in [0.25, 0.3) is 0 Å². The van der Waals surface area contributed by atoms with Crippen LogP contribution in [-0.2, 0) is 32.7 Å². The second kappa shape index (κ2) is 40.4. The fourth-order valence-electron chi connectivity index (χ4n) is 6.23. The molecule has 10 heteroatoms. The molecule has 58 heavy (non-hydrogen) atoms. The first-order valence-electron chi connectivity index (χ1n) is 23.3. The first kappa shape index (κ1) is 56.0. The van der Waals surface area contributed by atoms with Crippen LogP contribution in [0.2, 0.25) is 0 Å². The lowest BCUT2D eigenvalue weighted by atomic mass is 10.0. The van der Waals surface area contributed by atoms with Crippen molar-refractivity contribution in [3.63, 3.8) is 0 Å². The normalized spacial score (nSPS) is 14.0. The Labute approximate surface area is 356 Å². The number of hydrogen-bond acceptors (Lipinski definition) is 8. The third-order valence-electron chi connectivity index (χ3n) is 9.86. The molecule has 338 valence electrons. The molecular weight excluding hydrogens is 750 g/mol. The third kappa shape index (κ3) is 43.5. The van der Waals surface area contributed by atoms with Crippen molar-refractivity contribution in [1.29, 1.82) is 0 Å². The molecule has 0 aromatic rings. The number of esters is 2. The number of likely N-dealkylation sites (N-methyl/N-ethyl adjacent to an activating group) is 1. The lowest BCUT2D eigenvalue weighted by Crippen LogP contribution is -2.37. The molecule has 0 aliphatic heterocycles. The van der Waals surface area contributed by atoms with Crippen molar-refractivity contribution in [2.75, 3.05) is 47.5 Å². The molecule has 0 radical (unpaired) electrons. The van der Waals surface area contributed by atoms with Gasteiger partial charge in [0.15, 0.2) is 6.10 Å². The molecule has 0 fully saturated rings. The van der Waals surface area contributed by atoms with E-state index in [2.05, 4.69) is 62.5 Å². The van der Waals surface area contributed by atoms with Gasteiger partial charge in [-0.3, -0.25) is 14.2 Å². The molecule has 0 N–H and O–H groups in total. The van der Waals surface area contributed by atoms with Crippen LogP contribution in [0.15, 0.2) is 48.6 Å². The van der Waals surface area contributed by atoms with E-state index in [0.29, 0.717) is 17.4 Å². The number of unbranched alkanes of at least 4 members (excludes halogenated alkanes) is 20. The van der Waals surface area contributed by atoms with Gasteiger partial charge in [-0.1, -0.05) is 178 Å². The molecule has 0 bridgehead atoms. The van der Waals surface area contributed by atoms with E-state index in [9.17, 15) is 19.0 Å². The average molecular weight is 838 g/mol. The van der Waals surface area contributed by atoms with Crippen molar-refractivity contribution in [1.82, 2.24) is 0 Å². The van der Waals surface area contributed by atoms with Crippen molar-refractivity contribution < 1.29 is 42.1 Å². The van der Waals surface area contributed by atoms with Gasteiger partial charge in [-0.25, -0.2) is 0 Å². The highest BCUT2D eigenvalue weighted by molar-refractivity contribution is 7.45. The highest BCUT2D eigenvalue weighted by Gasteiger charge is 2.21. The second-order valence-corrected chi connectivity index (χ2v) is 18.2. The van der Waals surface area contributed by atoms with Gasteiger partial charge in [0.25, 0.3) is 7.82 Å². The Morgan fingerprint density at radius 1 is 0.552 bits per heavy atom. The zero-order valence-corrected chi connectivity index (χ0v) is 38.9. The first-order chi connectivity index (χ1) is 28.0. The Bertz CT molecular complexity index is 1130. The molecule has 0 saturated heterocycles. The molecule has 0 amide bonds. The predicted octanol–water partition coefficient (Wildman–Crippen LogP) is 12.8. The summed E-state index contributed by atoms with van der Waals surface area (Å²) >= 11 is 0. The Kier molecular flexibility index (Phi) is 39.0. The Balaban J connectivity index is 4.35. The number of phosphoric ester groups is 1. The van der Waals surface area contributed by atoms with Gasteiger partial charge < -0.3 is 27.9 Å². The molecule has 0 aromatic heterocycles.